The molecule has 0 saturated heterocycles. The number of nitriles is 1. The number of rotatable bonds is 5. The van der Waals surface area contributed by atoms with Crippen LogP contribution in [-0.4, -0.2) is 18.2 Å². The summed E-state index contributed by atoms with van der Waals surface area (Å²) in [6.07, 6.45) is 2.99. The molecule has 0 spiro atoms. The number of thioether (sulfide) groups is 1. The van der Waals surface area contributed by atoms with Gasteiger partial charge in [0.2, 0.25) is 5.91 Å². The van der Waals surface area contributed by atoms with Gasteiger partial charge in [-0.3, -0.25) is 4.79 Å². The Labute approximate surface area is 122 Å². The number of hydrogen-bond donors (Lipinski definition) is 1. The first-order valence-electron chi connectivity index (χ1n) is 6.73. The van der Waals surface area contributed by atoms with Gasteiger partial charge in [0.1, 0.15) is 12.4 Å². The van der Waals surface area contributed by atoms with E-state index in [1.54, 1.807) is 23.9 Å². The summed E-state index contributed by atoms with van der Waals surface area (Å²) in [6.45, 7) is 0.0765. The van der Waals surface area contributed by atoms with E-state index < -0.39 is 0 Å². The number of amides is 1. The maximum Gasteiger partial charge on any atom is 0.224 e. The molecule has 1 saturated carbocycles. The lowest BCUT2D eigenvalue weighted by Crippen LogP contribution is -2.33. The van der Waals surface area contributed by atoms with Crippen LogP contribution in [0.1, 0.15) is 19.3 Å². The smallest absolute Gasteiger partial charge is 0.224 e. The SMILES string of the molecule is N#CCNC(=O)[C@H]1CCC[C@@H]1CSc1ccc(F)cc1. The van der Waals surface area contributed by atoms with Gasteiger partial charge in [-0.2, -0.15) is 5.26 Å². The van der Waals surface area contributed by atoms with Gasteiger partial charge >= 0.3 is 0 Å². The number of carbonyl (C=O) groups is 1. The molecule has 1 amide bonds. The van der Waals surface area contributed by atoms with E-state index in [4.69, 9.17) is 5.26 Å². The quantitative estimate of drug-likeness (QED) is 0.670. The summed E-state index contributed by atoms with van der Waals surface area (Å²) in [7, 11) is 0. The maximum absolute atomic E-state index is 12.8. The molecule has 106 valence electrons. The molecule has 0 aromatic heterocycles. The van der Waals surface area contributed by atoms with E-state index in [9.17, 15) is 9.18 Å². The van der Waals surface area contributed by atoms with E-state index in [-0.39, 0.29) is 24.2 Å². The Hall–Kier alpha value is -1.54. The summed E-state index contributed by atoms with van der Waals surface area (Å²) in [6, 6.07) is 8.36. The minimum Gasteiger partial charge on any atom is -0.343 e. The van der Waals surface area contributed by atoms with Gasteiger partial charge in [-0.1, -0.05) is 6.42 Å². The molecule has 1 aromatic rings. The second kappa shape index (κ2) is 7.30. The summed E-state index contributed by atoms with van der Waals surface area (Å²) in [5.74, 6) is 0.966. The topological polar surface area (TPSA) is 52.9 Å². The van der Waals surface area contributed by atoms with Crippen LogP contribution in [0, 0.1) is 29.0 Å². The lowest BCUT2D eigenvalue weighted by Gasteiger charge is -2.18. The van der Waals surface area contributed by atoms with Crippen molar-refractivity contribution >= 4 is 17.7 Å². The van der Waals surface area contributed by atoms with Crippen LogP contribution in [0.3, 0.4) is 0 Å². The molecule has 0 radical (unpaired) electrons. The minimum atomic E-state index is -0.232. The van der Waals surface area contributed by atoms with Crippen molar-refractivity contribution in [3.05, 3.63) is 30.1 Å². The Morgan fingerprint density at radius 1 is 1.40 bits per heavy atom. The van der Waals surface area contributed by atoms with Crippen molar-refractivity contribution in [2.24, 2.45) is 11.8 Å². The molecule has 2 rings (SSSR count). The number of nitrogens with one attached hydrogen (secondary N) is 1. The van der Waals surface area contributed by atoms with Gasteiger partial charge in [0.05, 0.1) is 6.07 Å². The molecule has 1 aliphatic rings. The van der Waals surface area contributed by atoms with Crippen LogP contribution in [0.2, 0.25) is 0 Å². The molecule has 0 heterocycles. The Bertz CT molecular complexity index is 498. The Morgan fingerprint density at radius 2 is 2.15 bits per heavy atom. The highest BCUT2D eigenvalue weighted by atomic mass is 32.2. The van der Waals surface area contributed by atoms with Gasteiger partial charge in [0, 0.05) is 16.6 Å². The van der Waals surface area contributed by atoms with Crippen LogP contribution in [0.4, 0.5) is 4.39 Å². The fourth-order valence-corrected chi connectivity index (χ4v) is 3.71. The van der Waals surface area contributed by atoms with Gasteiger partial charge in [-0.15, -0.1) is 11.8 Å². The fraction of sp³-hybridized carbons (Fsp3) is 0.467. The number of nitrogens with zero attached hydrogens (tertiary/aromatic N) is 1. The van der Waals surface area contributed by atoms with Crippen molar-refractivity contribution in [1.29, 1.82) is 5.26 Å². The van der Waals surface area contributed by atoms with Crippen LogP contribution in [-0.2, 0) is 4.79 Å². The van der Waals surface area contributed by atoms with Crippen molar-refractivity contribution in [2.75, 3.05) is 12.3 Å². The Balaban J connectivity index is 1.86. The zero-order valence-electron chi connectivity index (χ0n) is 11.1. The molecule has 0 aliphatic heterocycles. The predicted molar refractivity (Wildman–Crippen MR) is 76.6 cm³/mol. The van der Waals surface area contributed by atoms with Crippen LogP contribution >= 0.6 is 11.8 Å². The van der Waals surface area contributed by atoms with Crippen LogP contribution in [0.5, 0.6) is 0 Å². The van der Waals surface area contributed by atoms with Crippen molar-refractivity contribution in [3.63, 3.8) is 0 Å². The summed E-state index contributed by atoms with van der Waals surface area (Å²) < 4.78 is 12.8. The molecular formula is C15H17FN2OS. The molecule has 0 unspecified atom stereocenters. The van der Waals surface area contributed by atoms with E-state index in [1.165, 1.54) is 12.1 Å². The summed E-state index contributed by atoms with van der Waals surface area (Å²) in [4.78, 5) is 13.0. The van der Waals surface area contributed by atoms with Gasteiger partial charge in [0.25, 0.3) is 0 Å². The van der Waals surface area contributed by atoms with Gasteiger partial charge in [-0.05, 0) is 43.0 Å². The van der Waals surface area contributed by atoms with Crippen LogP contribution < -0.4 is 5.32 Å². The zero-order valence-corrected chi connectivity index (χ0v) is 12.0. The average molecular weight is 292 g/mol. The van der Waals surface area contributed by atoms with Crippen molar-refractivity contribution < 1.29 is 9.18 Å². The van der Waals surface area contributed by atoms with Crippen molar-refractivity contribution in [1.82, 2.24) is 5.32 Å². The lowest BCUT2D eigenvalue weighted by atomic mass is 9.97. The maximum atomic E-state index is 12.8. The first-order valence-corrected chi connectivity index (χ1v) is 7.72. The second-order valence-corrected chi connectivity index (χ2v) is 6.03. The molecule has 2 atom stereocenters. The van der Waals surface area contributed by atoms with Crippen LogP contribution in [0.15, 0.2) is 29.2 Å². The zero-order chi connectivity index (χ0) is 14.4. The molecule has 20 heavy (non-hydrogen) atoms. The highest BCUT2D eigenvalue weighted by Crippen LogP contribution is 2.36. The molecule has 1 N–H and O–H groups in total. The molecular weight excluding hydrogens is 275 g/mol. The Morgan fingerprint density at radius 3 is 2.85 bits per heavy atom. The van der Waals surface area contributed by atoms with E-state index >= 15 is 0 Å². The number of benzene rings is 1. The molecule has 1 aromatic carbocycles. The number of carbonyl (C=O) groups excluding carboxylic acids is 1. The fourth-order valence-electron chi connectivity index (χ4n) is 2.57. The summed E-state index contributed by atoms with van der Waals surface area (Å²) >= 11 is 1.66. The van der Waals surface area contributed by atoms with E-state index in [0.29, 0.717) is 5.92 Å². The molecule has 1 fully saturated rings. The Kier molecular flexibility index (Phi) is 5.42. The number of halogens is 1. The summed E-state index contributed by atoms with van der Waals surface area (Å²) in [5, 5.41) is 11.1. The van der Waals surface area contributed by atoms with Crippen LogP contribution in [0.25, 0.3) is 0 Å². The monoisotopic (exact) mass is 292 g/mol. The van der Waals surface area contributed by atoms with E-state index in [0.717, 1.165) is 29.9 Å². The van der Waals surface area contributed by atoms with Gasteiger partial charge in [0.15, 0.2) is 0 Å². The molecule has 1 aliphatic carbocycles. The molecule has 0 bridgehead atoms. The highest BCUT2D eigenvalue weighted by molar-refractivity contribution is 7.99. The molecule has 3 nitrogen and oxygen atoms in total. The van der Waals surface area contributed by atoms with E-state index in [2.05, 4.69) is 5.32 Å². The minimum absolute atomic E-state index is 0.00578. The largest absolute Gasteiger partial charge is 0.343 e. The van der Waals surface area contributed by atoms with Crippen molar-refractivity contribution in [2.45, 2.75) is 24.2 Å². The van der Waals surface area contributed by atoms with Gasteiger partial charge in [-0.25, -0.2) is 4.39 Å². The normalized spacial score (nSPS) is 21.4. The van der Waals surface area contributed by atoms with Gasteiger partial charge < -0.3 is 5.32 Å². The average Bonchev–Trinajstić information content (AvgIpc) is 2.92. The number of hydrogen-bond acceptors (Lipinski definition) is 3. The standard InChI is InChI=1S/C15H17FN2OS/c16-12-4-6-13(7-5-12)20-10-11-2-1-3-14(11)15(19)18-9-8-17/h4-7,11,14H,1-3,9-10H2,(H,18,19)/t11-,14+/m1/s1. The first-order chi connectivity index (χ1) is 9.70. The highest BCUT2D eigenvalue weighted by Gasteiger charge is 2.32. The summed E-state index contributed by atoms with van der Waals surface area (Å²) in [5.41, 5.74) is 0. The first kappa shape index (κ1) is 14.9. The third kappa shape index (κ3) is 3.97. The third-order valence-corrected chi connectivity index (χ3v) is 4.82. The van der Waals surface area contributed by atoms with E-state index in [1.807, 2.05) is 6.07 Å². The third-order valence-electron chi connectivity index (χ3n) is 3.62. The second-order valence-electron chi connectivity index (χ2n) is 4.94. The molecule has 5 heteroatoms. The predicted octanol–water partition coefficient (Wildman–Crippen LogP) is 2.97. The lowest BCUT2D eigenvalue weighted by molar-refractivity contribution is -0.125. The van der Waals surface area contributed by atoms with Crippen molar-refractivity contribution in [3.8, 4) is 6.07 Å².